The Hall–Kier alpha value is -1.31. The van der Waals surface area contributed by atoms with Crippen LogP contribution in [0.3, 0.4) is 0 Å². The van der Waals surface area contributed by atoms with Gasteiger partial charge in [0, 0.05) is 32.9 Å². The van der Waals surface area contributed by atoms with Gasteiger partial charge in [0.2, 0.25) is 0 Å². The number of nitrogens with zero attached hydrogens (tertiary/aromatic N) is 3. The monoisotopic (exact) mass is 273 g/mol. The van der Waals surface area contributed by atoms with E-state index in [4.69, 9.17) is 10.00 Å². The van der Waals surface area contributed by atoms with E-state index in [1.54, 1.807) is 0 Å². The molecule has 1 unspecified atom stereocenters. The molecule has 1 aromatic heterocycles. The predicted molar refractivity (Wildman–Crippen MR) is 77.1 cm³/mol. The molecule has 1 saturated carbocycles. The number of hydrogen-bond donors (Lipinski definition) is 0. The number of likely N-dealkylation sites (tertiary alicyclic amines) is 1. The predicted octanol–water partition coefficient (Wildman–Crippen LogP) is 2.29. The van der Waals surface area contributed by atoms with Gasteiger partial charge in [0.25, 0.3) is 0 Å². The highest BCUT2D eigenvalue weighted by Gasteiger charge is 2.26. The standard InChI is InChI=1S/C16H23N3O/c1-18-9-14(7-15(18)8-17)10-19-6-2-3-16(11-19)20-12-13-4-5-13/h7,9,13,16H,2-6,10-12H2,1H3. The first-order valence-corrected chi connectivity index (χ1v) is 7.64. The molecule has 2 aliphatic rings. The summed E-state index contributed by atoms with van der Waals surface area (Å²) in [5, 5.41) is 9.00. The van der Waals surface area contributed by atoms with Crippen molar-refractivity contribution < 1.29 is 4.74 Å². The van der Waals surface area contributed by atoms with Gasteiger partial charge in [-0.15, -0.1) is 0 Å². The fourth-order valence-corrected chi connectivity index (χ4v) is 2.94. The van der Waals surface area contributed by atoms with Gasteiger partial charge in [0.15, 0.2) is 0 Å². The van der Waals surface area contributed by atoms with Gasteiger partial charge < -0.3 is 9.30 Å². The van der Waals surface area contributed by atoms with Gasteiger partial charge in [0.05, 0.1) is 6.10 Å². The molecule has 0 N–H and O–H groups in total. The van der Waals surface area contributed by atoms with Crippen LogP contribution in [0.25, 0.3) is 0 Å². The lowest BCUT2D eigenvalue weighted by Crippen LogP contribution is -2.39. The lowest BCUT2D eigenvalue weighted by atomic mass is 10.1. The molecule has 1 aliphatic heterocycles. The Morgan fingerprint density at radius 2 is 2.25 bits per heavy atom. The number of nitriles is 1. The van der Waals surface area contributed by atoms with E-state index in [0.717, 1.165) is 37.9 Å². The Kier molecular flexibility index (Phi) is 4.09. The molecule has 1 atom stereocenters. The van der Waals surface area contributed by atoms with Crippen LogP contribution in [0.5, 0.6) is 0 Å². The second-order valence-electron chi connectivity index (χ2n) is 6.23. The van der Waals surface area contributed by atoms with E-state index < -0.39 is 0 Å². The van der Waals surface area contributed by atoms with Gasteiger partial charge >= 0.3 is 0 Å². The number of aryl methyl sites for hydroxylation is 1. The van der Waals surface area contributed by atoms with E-state index in [1.807, 2.05) is 17.7 Å². The van der Waals surface area contributed by atoms with E-state index in [2.05, 4.69) is 17.2 Å². The van der Waals surface area contributed by atoms with Crippen LogP contribution in [-0.2, 0) is 18.3 Å². The molecule has 4 nitrogen and oxygen atoms in total. The minimum Gasteiger partial charge on any atom is -0.377 e. The van der Waals surface area contributed by atoms with Crippen molar-refractivity contribution in [2.75, 3.05) is 19.7 Å². The lowest BCUT2D eigenvalue weighted by molar-refractivity contribution is -0.00723. The lowest BCUT2D eigenvalue weighted by Gasteiger charge is -2.32. The van der Waals surface area contributed by atoms with Crippen molar-refractivity contribution in [1.82, 2.24) is 9.47 Å². The Bertz CT molecular complexity index is 498. The van der Waals surface area contributed by atoms with E-state index in [-0.39, 0.29) is 0 Å². The molecule has 1 aliphatic carbocycles. The number of ether oxygens (including phenoxy) is 1. The minimum atomic E-state index is 0.406. The molecule has 3 rings (SSSR count). The molecule has 0 radical (unpaired) electrons. The molecule has 20 heavy (non-hydrogen) atoms. The van der Waals surface area contributed by atoms with E-state index in [1.165, 1.54) is 31.2 Å². The van der Waals surface area contributed by atoms with Crippen LogP contribution in [0.15, 0.2) is 12.3 Å². The summed E-state index contributed by atoms with van der Waals surface area (Å²) in [6.45, 7) is 4.06. The van der Waals surface area contributed by atoms with Gasteiger partial charge in [-0.25, -0.2) is 0 Å². The first-order valence-electron chi connectivity index (χ1n) is 7.64. The second-order valence-corrected chi connectivity index (χ2v) is 6.23. The molecule has 2 fully saturated rings. The summed E-state index contributed by atoms with van der Waals surface area (Å²) >= 11 is 0. The van der Waals surface area contributed by atoms with Crippen LogP contribution in [-0.4, -0.2) is 35.3 Å². The molecule has 0 aromatic carbocycles. The van der Waals surface area contributed by atoms with Crippen molar-refractivity contribution in [3.8, 4) is 6.07 Å². The van der Waals surface area contributed by atoms with Crippen molar-refractivity contribution in [2.45, 2.75) is 38.3 Å². The fourth-order valence-electron chi connectivity index (χ4n) is 2.94. The minimum absolute atomic E-state index is 0.406. The average molecular weight is 273 g/mol. The molecule has 0 amide bonds. The maximum atomic E-state index is 9.00. The molecular formula is C16H23N3O. The Morgan fingerprint density at radius 3 is 2.95 bits per heavy atom. The number of aromatic nitrogens is 1. The summed E-state index contributed by atoms with van der Waals surface area (Å²) < 4.78 is 7.93. The van der Waals surface area contributed by atoms with Gasteiger partial charge in [-0.3, -0.25) is 4.90 Å². The van der Waals surface area contributed by atoms with Crippen molar-refractivity contribution >= 4 is 0 Å². The van der Waals surface area contributed by atoms with E-state index in [0.29, 0.717) is 6.10 Å². The SMILES string of the molecule is Cn1cc(CN2CCCC(OCC3CC3)C2)cc1C#N. The number of hydrogen-bond acceptors (Lipinski definition) is 3. The van der Waals surface area contributed by atoms with Gasteiger partial charge in [-0.1, -0.05) is 0 Å². The summed E-state index contributed by atoms with van der Waals surface area (Å²) in [5.41, 5.74) is 1.96. The maximum Gasteiger partial charge on any atom is 0.120 e. The molecular weight excluding hydrogens is 250 g/mol. The van der Waals surface area contributed by atoms with Crippen LogP contribution in [0.2, 0.25) is 0 Å². The number of piperidine rings is 1. The molecule has 0 bridgehead atoms. The molecule has 108 valence electrons. The zero-order valence-electron chi connectivity index (χ0n) is 12.2. The Labute approximate surface area is 120 Å². The molecule has 1 saturated heterocycles. The maximum absolute atomic E-state index is 9.00. The van der Waals surface area contributed by atoms with E-state index in [9.17, 15) is 0 Å². The number of rotatable bonds is 5. The molecule has 0 spiro atoms. The average Bonchev–Trinajstić information content (AvgIpc) is 3.21. The smallest absolute Gasteiger partial charge is 0.120 e. The Balaban J connectivity index is 1.52. The van der Waals surface area contributed by atoms with Crippen molar-refractivity contribution in [3.05, 3.63) is 23.5 Å². The normalized spacial score (nSPS) is 23.7. The third-order valence-electron chi connectivity index (χ3n) is 4.31. The fraction of sp³-hybridized carbons (Fsp3) is 0.688. The molecule has 2 heterocycles. The van der Waals surface area contributed by atoms with Crippen LogP contribution in [0.4, 0.5) is 0 Å². The van der Waals surface area contributed by atoms with Crippen LogP contribution in [0, 0.1) is 17.2 Å². The van der Waals surface area contributed by atoms with Crippen molar-refractivity contribution in [2.24, 2.45) is 13.0 Å². The Morgan fingerprint density at radius 1 is 1.40 bits per heavy atom. The highest BCUT2D eigenvalue weighted by Crippen LogP contribution is 2.30. The van der Waals surface area contributed by atoms with Crippen LogP contribution < -0.4 is 0 Å². The third kappa shape index (κ3) is 3.41. The summed E-state index contributed by atoms with van der Waals surface area (Å²) in [6.07, 6.45) is 7.60. The zero-order valence-corrected chi connectivity index (χ0v) is 12.2. The van der Waals surface area contributed by atoms with Gasteiger partial charge in [0.1, 0.15) is 11.8 Å². The summed E-state index contributed by atoms with van der Waals surface area (Å²) in [4.78, 5) is 2.46. The third-order valence-corrected chi connectivity index (χ3v) is 4.31. The largest absolute Gasteiger partial charge is 0.377 e. The van der Waals surface area contributed by atoms with Crippen molar-refractivity contribution in [3.63, 3.8) is 0 Å². The molecule has 1 aromatic rings. The second kappa shape index (κ2) is 5.99. The van der Waals surface area contributed by atoms with Crippen molar-refractivity contribution in [1.29, 1.82) is 5.26 Å². The first-order chi connectivity index (χ1) is 9.74. The van der Waals surface area contributed by atoms with Gasteiger partial charge in [-0.05, 0) is 49.8 Å². The van der Waals surface area contributed by atoms with Crippen LogP contribution in [0.1, 0.15) is 36.9 Å². The quantitative estimate of drug-likeness (QED) is 0.826. The first kappa shape index (κ1) is 13.7. The van der Waals surface area contributed by atoms with Gasteiger partial charge in [-0.2, -0.15) is 5.26 Å². The topological polar surface area (TPSA) is 41.2 Å². The molecule has 4 heteroatoms. The summed E-state index contributed by atoms with van der Waals surface area (Å²) in [6, 6.07) is 4.22. The highest BCUT2D eigenvalue weighted by molar-refractivity contribution is 5.28. The summed E-state index contributed by atoms with van der Waals surface area (Å²) in [7, 11) is 1.93. The summed E-state index contributed by atoms with van der Waals surface area (Å²) in [5.74, 6) is 0.845. The van der Waals surface area contributed by atoms with Crippen LogP contribution >= 0.6 is 0 Å². The highest BCUT2D eigenvalue weighted by atomic mass is 16.5. The zero-order chi connectivity index (χ0) is 13.9. The van der Waals surface area contributed by atoms with E-state index >= 15 is 0 Å².